The van der Waals surface area contributed by atoms with Gasteiger partial charge in [0.2, 0.25) is 5.91 Å². The first-order valence-corrected chi connectivity index (χ1v) is 14.4. The van der Waals surface area contributed by atoms with Crippen molar-refractivity contribution in [2.75, 3.05) is 11.9 Å². The van der Waals surface area contributed by atoms with Gasteiger partial charge >= 0.3 is 12.1 Å². The molecule has 2 atom stereocenters. The summed E-state index contributed by atoms with van der Waals surface area (Å²) in [5.41, 5.74) is 5.47. The van der Waals surface area contributed by atoms with E-state index in [9.17, 15) is 19.5 Å². The summed E-state index contributed by atoms with van der Waals surface area (Å²) in [6, 6.07) is 24.4. The van der Waals surface area contributed by atoms with Crippen LogP contribution in [0.1, 0.15) is 40.8 Å². The molecule has 1 aliphatic carbocycles. The van der Waals surface area contributed by atoms with Gasteiger partial charge in [0.1, 0.15) is 6.61 Å². The summed E-state index contributed by atoms with van der Waals surface area (Å²) < 4.78 is 11.3. The number of carboxylic acid groups (broad SMARTS) is 1. The third-order valence-electron chi connectivity index (χ3n) is 7.11. The molecule has 0 saturated heterocycles. The smallest absolute Gasteiger partial charge is 0.413 e. The maximum Gasteiger partial charge on any atom is 0.413 e. The Bertz CT molecular complexity index is 1510. The van der Waals surface area contributed by atoms with Crippen molar-refractivity contribution in [3.63, 3.8) is 0 Å². The molecule has 3 aromatic carbocycles. The molecule has 0 radical (unpaired) electrons. The minimum atomic E-state index is -1.19. The number of thiazole rings is 1. The Morgan fingerprint density at radius 1 is 0.952 bits per heavy atom. The van der Waals surface area contributed by atoms with E-state index in [4.69, 9.17) is 9.47 Å². The molecule has 5 rings (SSSR count). The van der Waals surface area contributed by atoms with Crippen molar-refractivity contribution in [1.29, 1.82) is 0 Å². The quantitative estimate of drug-likeness (QED) is 0.197. The minimum absolute atomic E-state index is 0.0467. The highest BCUT2D eigenvalue weighted by atomic mass is 32.1. The van der Waals surface area contributed by atoms with E-state index >= 15 is 0 Å². The van der Waals surface area contributed by atoms with E-state index in [1.165, 1.54) is 11.3 Å². The maximum absolute atomic E-state index is 12.6. The van der Waals surface area contributed by atoms with Gasteiger partial charge in [-0.1, -0.05) is 78.9 Å². The average molecular weight is 586 g/mol. The molecule has 0 aliphatic heterocycles. The molecular formula is C32H31N3O6S. The lowest BCUT2D eigenvalue weighted by atomic mass is 9.98. The van der Waals surface area contributed by atoms with Crippen LogP contribution in [0.15, 0.2) is 85.1 Å². The maximum atomic E-state index is 12.6. The van der Waals surface area contributed by atoms with Crippen LogP contribution in [-0.4, -0.2) is 46.8 Å². The molecule has 1 aromatic heterocycles. The number of fused-ring (bicyclic) bond motifs is 3. The lowest BCUT2D eigenvalue weighted by Crippen LogP contribution is -2.48. The normalized spacial score (nSPS) is 13.5. The number of carbonyl (C=O) groups excluding carboxylic acids is 2. The number of anilines is 1. The number of aromatic nitrogens is 1. The predicted molar refractivity (Wildman–Crippen MR) is 159 cm³/mol. The molecular weight excluding hydrogens is 554 g/mol. The Balaban J connectivity index is 1.08. The molecule has 0 saturated carbocycles. The number of aliphatic carboxylic acids is 1. The van der Waals surface area contributed by atoms with Crippen LogP contribution in [0.25, 0.3) is 11.1 Å². The van der Waals surface area contributed by atoms with E-state index in [0.29, 0.717) is 11.6 Å². The largest absolute Gasteiger partial charge is 0.480 e. The Hall–Kier alpha value is -4.54. The van der Waals surface area contributed by atoms with E-state index in [0.717, 1.165) is 32.7 Å². The lowest BCUT2D eigenvalue weighted by molar-refractivity contribution is -0.146. The van der Waals surface area contributed by atoms with Gasteiger partial charge in [-0.05, 0) is 41.2 Å². The van der Waals surface area contributed by atoms with Gasteiger partial charge in [-0.25, -0.2) is 14.6 Å². The molecule has 0 unspecified atom stereocenters. The zero-order valence-corrected chi connectivity index (χ0v) is 23.8. The standard InChI is InChI=1S/C32H31N3O6S/c1-20(40-18-21-9-3-2-4-10-21)29(30(37)38)34-28(36)16-15-22-17-33-31(42-22)35-32(39)41-19-27-25-13-7-5-11-23(25)24-12-6-8-14-26(24)27/h2-14,17,20,27,29H,15-16,18-19H2,1H3,(H,34,36)(H,37,38)(H,33,35,39)/t20-,29+/m0/s1. The number of ether oxygens (including phenoxy) is 2. The second-order valence-corrected chi connectivity index (χ2v) is 11.1. The number of hydrogen-bond acceptors (Lipinski definition) is 7. The number of rotatable bonds is 12. The van der Waals surface area contributed by atoms with Crippen molar-refractivity contribution in [2.45, 2.75) is 44.4 Å². The van der Waals surface area contributed by atoms with Gasteiger partial charge in [0, 0.05) is 23.4 Å². The molecule has 216 valence electrons. The second kappa shape index (κ2) is 13.4. The SMILES string of the molecule is C[C@H](OCc1ccccc1)[C@@H](NC(=O)CCc1cnc(NC(=O)OCC2c3ccccc3-c3ccccc32)s1)C(=O)O. The van der Waals surface area contributed by atoms with Crippen molar-refractivity contribution in [1.82, 2.24) is 10.3 Å². The van der Waals surface area contributed by atoms with E-state index in [-0.39, 0.29) is 25.6 Å². The number of aryl methyl sites for hydroxylation is 1. The van der Waals surface area contributed by atoms with E-state index in [1.807, 2.05) is 54.6 Å². The van der Waals surface area contributed by atoms with Gasteiger partial charge in [-0.15, -0.1) is 11.3 Å². The van der Waals surface area contributed by atoms with Crippen LogP contribution in [0.2, 0.25) is 0 Å². The molecule has 10 heteroatoms. The molecule has 9 nitrogen and oxygen atoms in total. The highest BCUT2D eigenvalue weighted by molar-refractivity contribution is 7.15. The Labute approximate surface area is 247 Å². The second-order valence-electron chi connectivity index (χ2n) is 9.97. The molecule has 0 fully saturated rings. The third kappa shape index (κ3) is 7.02. The highest BCUT2D eigenvalue weighted by Gasteiger charge is 2.29. The number of nitrogens with one attached hydrogen (secondary N) is 2. The first-order chi connectivity index (χ1) is 20.4. The van der Waals surface area contributed by atoms with Gasteiger partial charge in [0.05, 0.1) is 12.7 Å². The summed E-state index contributed by atoms with van der Waals surface area (Å²) in [4.78, 5) is 41.9. The number of benzene rings is 3. The summed E-state index contributed by atoms with van der Waals surface area (Å²) in [6.45, 7) is 2.05. The third-order valence-corrected chi connectivity index (χ3v) is 8.08. The van der Waals surface area contributed by atoms with E-state index < -0.39 is 30.1 Å². The summed E-state index contributed by atoms with van der Waals surface area (Å²) in [7, 11) is 0. The number of carbonyl (C=O) groups is 3. The van der Waals surface area contributed by atoms with Crippen LogP contribution in [0, 0.1) is 0 Å². The van der Waals surface area contributed by atoms with E-state index in [2.05, 4.69) is 39.9 Å². The van der Waals surface area contributed by atoms with Crippen LogP contribution >= 0.6 is 11.3 Å². The fraction of sp³-hybridized carbons (Fsp3) is 0.250. The molecule has 42 heavy (non-hydrogen) atoms. The molecule has 3 N–H and O–H groups in total. The van der Waals surface area contributed by atoms with Crippen molar-refractivity contribution in [2.24, 2.45) is 0 Å². The first-order valence-electron chi connectivity index (χ1n) is 13.6. The van der Waals surface area contributed by atoms with E-state index in [1.54, 1.807) is 13.1 Å². The molecule has 1 aliphatic rings. The fourth-order valence-electron chi connectivity index (χ4n) is 4.96. The number of amides is 2. The molecule has 4 aromatic rings. The lowest BCUT2D eigenvalue weighted by Gasteiger charge is -2.22. The molecule has 0 spiro atoms. The van der Waals surface area contributed by atoms with Gasteiger partial charge in [0.25, 0.3) is 0 Å². The van der Waals surface area contributed by atoms with Crippen LogP contribution in [0.4, 0.5) is 9.93 Å². The van der Waals surface area contributed by atoms with Crippen LogP contribution < -0.4 is 10.6 Å². The van der Waals surface area contributed by atoms with Gasteiger partial charge in [-0.3, -0.25) is 10.1 Å². The Morgan fingerprint density at radius 3 is 2.26 bits per heavy atom. The van der Waals surface area contributed by atoms with Crippen molar-refractivity contribution < 1.29 is 29.0 Å². The average Bonchev–Trinajstić information content (AvgIpc) is 3.58. The van der Waals surface area contributed by atoms with Crippen LogP contribution in [0.5, 0.6) is 0 Å². The number of nitrogens with zero attached hydrogens (tertiary/aromatic N) is 1. The number of hydrogen-bond donors (Lipinski definition) is 3. The van der Waals surface area contributed by atoms with Crippen molar-refractivity contribution in [3.05, 3.63) is 107 Å². The summed E-state index contributed by atoms with van der Waals surface area (Å²) in [5, 5.41) is 15.2. The zero-order valence-electron chi connectivity index (χ0n) is 23.0. The van der Waals surface area contributed by atoms with Crippen molar-refractivity contribution in [3.8, 4) is 11.1 Å². The summed E-state index contributed by atoms with van der Waals surface area (Å²) in [5.74, 6) is -1.64. The summed E-state index contributed by atoms with van der Waals surface area (Å²) in [6.07, 6.45) is 0.632. The molecule has 0 bridgehead atoms. The fourth-order valence-corrected chi connectivity index (χ4v) is 5.76. The minimum Gasteiger partial charge on any atom is -0.480 e. The van der Waals surface area contributed by atoms with Gasteiger partial charge < -0.3 is 19.9 Å². The first kappa shape index (κ1) is 29.0. The Kier molecular flexibility index (Phi) is 9.25. The predicted octanol–water partition coefficient (Wildman–Crippen LogP) is 5.61. The highest BCUT2D eigenvalue weighted by Crippen LogP contribution is 2.44. The van der Waals surface area contributed by atoms with Gasteiger partial charge in [-0.2, -0.15) is 0 Å². The summed E-state index contributed by atoms with van der Waals surface area (Å²) >= 11 is 1.23. The zero-order chi connectivity index (χ0) is 29.5. The molecule has 1 heterocycles. The number of carboxylic acids is 1. The van der Waals surface area contributed by atoms with Crippen LogP contribution in [-0.2, 0) is 32.1 Å². The van der Waals surface area contributed by atoms with Crippen molar-refractivity contribution >= 4 is 34.4 Å². The monoisotopic (exact) mass is 585 g/mol. The van der Waals surface area contributed by atoms with Crippen LogP contribution in [0.3, 0.4) is 0 Å². The Morgan fingerprint density at radius 2 is 1.60 bits per heavy atom. The molecule has 2 amide bonds. The topological polar surface area (TPSA) is 127 Å². The van der Waals surface area contributed by atoms with Gasteiger partial charge in [0.15, 0.2) is 11.2 Å².